The number of rotatable bonds is 2. The van der Waals surface area contributed by atoms with E-state index in [9.17, 15) is 9.59 Å². The minimum absolute atomic E-state index is 0.0155. The molecule has 4 nitrogen and oxygen atoms in total. The summed E-state index contributed by atoms with van der Waals surface area (Å²) >= 11 is 0. The average Bonchev–Trinajstić information content (AvgIpc) is 2.54. The molecule has 1 aliphatic rings. The molecule has 1 aromatic carbocycles. The van der Waals surface area contributed by atoms with Crippen molar-refractivity contribution in [2.45, 2.75) is 38.8 Å². The van der Waals surface area contributed by atoms with Crippen molar-refractivity contribution in [2.24, 2.45) is 0 Å². The molecule has 96 valence electrons. The van der Waals surface area contributed by atoms with Gasteiger partial charge in [-0.05, 0) is 38.3 Å². The first-order chi connectivity index (χ1) is 8.65. The van der Waals surface area contributed by atoms with Gasteiger partial charge in [0.1, 0.15) is 6.17 Å². The molecule has 0 saturated carbocycles. The highest BCUT2D eigenvalue weighted by Crippen LogP contribution is 2.09. The van der Waals surface area contributed by atoms with E-state index in [2.05, 4.69) is 10.6 Å². The van der Waals surface area contributed by atoms with Crippen LogP contribution in [0, 0.1) is 6.92 Å². The molecule has 0 radical (unpaired) electrons. The average molecular weight is 246 g/mol. The van der Waals surface area contributed by atoms with Crippen molar-refractivity contribution < 1.29 is 9.59 Å². The largest absolute Gasteiger partial charge is 0.336 e. The number of hydrogen-bond donors (Lipinski definition) is 2. The Morgan fingerprint density at radius 3 is 2.72 bits per heavy atom. The van der Waals surface area contributed by atoms with Gasteiger partial charge in [0, 0.05) is 12.0 Å². The van der Waals surface area contributed by atoms with Gasteiger partial charge in [-0.1, -0.05) is 17.7 Å². The van der Waals surface area contributed by atoms with Gasteiger partial charge in [-0.25, -0.2) is 0 Å². The van der Waals surface area contributed by atoms with Crippen molar-refractivity contribution in [3.8, 4) is 0 Å². The van der Waals surface area contributed by atoms with Crippen LogP contribution in [0.1, 0.15) is 41.6 Å². The van der Waals surface area contributed by atoms with Crippen LogP contribution < -0.4 is 10.6 Å². The summed E-state index contributed by atoms with van der Waals surface area (Å²) in [5.74, 6) is -0.121. The van der Waals surface area contributed by atoms with E-state index in [1.807, 2.05) is 19.1 Å². The fourth-order valence-corrected chi connectivity index (χ4v) is 2.03. The van der Waals surface area contributed by atoms with Gasteiger partial charge in [-0.15, -0.1) is 0 Å². The number of carbonyl (C=O) groups excluding carboxylic acids is 2. The lowest BCUT2D eigenvalue weighted by Crippen LogP contribution is -2.46. The highest BCUT2D eigenvalue weighted by Gasteiger charge is 2.18. The molecule has 2 N–H and O–H groups in total. The van der Waals surface area contributed by atoms with Crippen LogP contribution in [0.2, 0.25) is 0 Å². The van der Waals surface area contributed by atoms with Crippen LogP contribution in [0.25, 0.3) is 0 Å². The second kappa shape index (κ2) is 5.67. The van der Waals surface area contributed by atoms with Gasteiger partial charge in [-0.3, -0.25) is 9.59 Å². The van der Waals surface area contributed by atoms with E-state index in [4.69, 9.17) is 0 Å². The lowest BCUT2D eigenvalue weighted by molar-refractivity contribution is -0.121. The molecule has 1 saturated heterocycles. The van der Waals surface area contributed by atoms with E-state index in [1.54, 1.807) is 12.1 Å². The predicted molar refractivity (Wildman–Crippen MR) is 69.0 cm³/mol. The van der Waals surface area contributed by atoms with Gasteiger partial charge < -0.3 is 10.6 Å². The highest BCUT2D eigenvalue weighted by molar-refractivity contribution is 5.94. The molecule has 0 bridgehead atoms. The molecule has 1 unspecified atom stereocenters. The topological polar surface area (TPSA) is 58.2 Å². The molecular formula is C14H18N2O2. The van der Waals surface area contributed by atoms with E-state index in [-0.39, 0.29) is 18.0 Å². The normalized spacial score (nSPS) is 19.8. The maximum absolute atomic E-state index is 12.0. The summed E-state index contributed by atoms with van der Waals surface area (Å²) in [4.78, 5) is 23.4. The first-order valence-corrected chi connectivity index (χ1v) is 6.32. The Morgan fingerprint density at radius 1 is 1.28 bits per heavy atom. The third-order valence-electron chi connectivity index (χ3n) is 3.10. The van der Waals surface area contributed by atoms with Crippen LogP contribution in [0.5, 0.6) is 0 Å². The smallest absolute Gasteiger partial charge is 0.252 e. The predicted octanol–water partition coefficient (Wildman–Crippen LogP) is 1.74. The molecular weight excluding hydrogens is 228 g/mol. The minimum atomic E-state index is -0.242. The van der Waals surface area contributed by atoms with Gasteiger partial charge in [-0.2, -0.15) is 0 Å². The van der Waals surface area contributed by atoms with Crippen LogP contribution in [-0.4, -0.2) is 18.0 Å². The highest BCUT2D eigenvalue weighted by atomic mass is 16.2. The quantitative estimate of drug-likeness (QED) is 0.835. The Kier molecular flexibility index (Phi) is 3.97. The molecule has 1 heterocycles. The van der Waals surface area contributed by atoms with Crippen LogP contribution >= 0.6 is 0 Å². The van der Waals surface area contributed by atoms with Crippen molar-refractivity contribution in [3.05, 3.63) is 35.4 Å². The third kappa shape index (κ3) is 3.32. The molecule has 2 rings (SSSR count). The first kappa shape index (κ1) is 12.6. The van der Waals surface area contributed by atoms with E-state index >= 15 is 0 Å². The molecule has 1 atom stereocenters. The molecule has 1 fully saturated rings. The van der Waals surface area contributed by atoms with Crippen LogP contribution in [0.3, 0.4) is 0 Å². The van der Waals surface area contributed by atoms with E-state index in [0.717, 1.165) is 24.8 Å². The minimum Gasteiger partial charge on any atom is -0.336 e. The Morgan fingerprint density at radius 2 is 2.00 bits per heavy atom. The molecule has 1 aliphatic heterocycles. The van der Waals surface area contributed by atoms with Crippen molar-refractivity contribution in [2.75, 3.05) is 0 Å². The second-order valence-electron chi connectivity index (χ2n) is 4.71. The molecule has 0 aromatic heterocycles. The van der Waals surface area contributed by atoms with Crippen molar-refractivity contribution in [1.82, 2.24) is 10.6 Å². The number of nitrogens with one attached hydrogen (secondary N) is 2. The SMILES string of the molecule is Cc1ccc(C(=O)NC2CCCCC(=O)N2)cc1. The monoisotopic (exact) mass is 246 g/mol. The van der Waals surface area contributed by atoms with Crippen LogP contribution in [-0.2, 0) is 4.79 Å². The number of carbonyl (C=O) groups is 2. The standard InChI is InChI=1S/C14H18N2O2/c1-10-6-8-11(9-7-10)14(18)16-12-4-2-3-5-13(17)15-12/h6-9,12H,2-5H2,1H3,(H,15,17)(H,16,18). The zero-order valence-corrected chi connectivity index (χ0v) is 10.5. The number of amides is 2. The molecule has 0 aliphatic carbocycles. The summed E-state index contributed by atoms with van der Waals surface area (Å²) in [5.41, 5.74) is 1.74. The van der Waals surface area contributed by atoms with Gasteiger partial charge in [0.05, 0.1) is 0 Å². The number of hydrogen-bond acceptors (Lipinski definition) is 2. The van der Waals surface area contributed by atoms with Crippen LogP contribution in [0.4, 0.5) is 0 Å². The summed E-state index contributed by atoms with van der Waals surface area (Å²) in [5, 5.41) is 5.67. The zero-order valence-electron chi connectivity index (χ0n) is 10.5. The van der Waals surface area contributed by atoms with Gasteiger partial charge in [0.15, 0.2) is 0 Å². The maximum Gasteiger partial charge on any atom is 0.252 e. The van der Waals surface area contributed by atoms with Crippen molar-refractivity contribution >= 4 is 11.8 Å². The molecule has 0 spiro atoms. The summed E-state index contributed by atoms with van der Waals surface area (Å²) in [6.45, 7) is 1.98. The first-order valence-electron chi connectivity index (χ1n) is 6.32. The number of aryl methyl sites for hydroxylation is 1. The fraction of sp³-hybridized carbons (Fsp3) is 0.429. The molecule has 18 heavy (non-hydrogen) atoms. The summed E-state index contributed by atoms with van der Waals surface area (Å²) in [6, 6.07) is 7.40. The summed E-state index contributed by atoms with van der Waals surface area (Å²) < 4.78 is 0. The Bertz CT molecular complexity index is 440. The van der Waals surface area contributed by atoms with Crippen LogP contribution in [0.15, 0.2) is 24.3 Å². The third-order valence-corrected chi connectivity index (χ3v) is 3.10. The Balaban J connectivity index is 1.97. The number of benzene rings is 1. The molecule has 1 aromatic rings. The van der Waals surface area contributed by atoms with Crippen molar-refractivity contribution in [1.29, 1.82) is 0 Å². The summed E-state index contributed by atoms with van der Waals surface area (Å²) in [6.07, 6.45) is 2.95. The van der Waals surface area contributed by atoms with Gasteiger partial charge in [0.2, 0.25) is 5.91 Å². The lowest BCUT2D eigenvalue weighted by atomic mass is 10.1. The maximum atomic E-state index is 12.0. The molecule has 2 amide bonds. The van der Waals surface area contributed by atoms with E-state index < -0.39 is 0 Å². The Hall–Kier alpha value is -1.84. The Labute approximate surface area is 107 Å². The van der Waals surface area contributed by atoms with Gasteiger partial charge >= 0.3 is 0 Å². The lowest BCUT2D eigenvalue weighted by Gasteiger charge is -2.17. The summed E-state index contributed by atoms with van der Waals surface area (Å²) in [7, 11) is 0. The van der Waals surface area contributed by atoms with E-state index in [0.29, 0.717) is 12.0 Å². The second-order valence-corrected chi connectivity index (χ2v) is 4.71. The fourth-order valence-electron chi connectivity index (χ4n) is 2.03. The van der Waals surface area contributed by atoms with E-state index in [1.165, 1.54) is 0 Å². The zero-order chi connectivity index (χ0) is 13.0. The van der Waals surface area contributed by atoms with Gasteiger partial charge in [0.25, 0.3) is 5.91 Å². The molecule has 4 heteroatoms. The van der Waals surface area contributed by atoms with Crippen molar-refractivity contribution in [3.63, 3.8) is 0 Å².